The molecule has 0 unspecified atom stereocenters. The fourth-order valence-electron chi connectivity index (χ4n) is 2.30. The Kier molecular flexibility index (Phi) is 8.32. The molecule has 9 heteroatoms. The number of nitrogens with one attached hydrogen (secondary N) is 2. The molecule has 2 amide bonds. The predicted octanol–water partition coefficient (Wildman–Crippen LogP) is 4.44. The van der Waals surface area contributed by atoms with Crippen LogP contribution in [-0.2, 0) is 14.4 Å². The van der Waals surface area contributed by atoms with Gasteiger partial charge in [-0.3, -0.25) is 9.59 Å². The predicted molar refractivity (Wildman–Crippen MR) is 118 cm³/mol. The lowest BCUT2D eigenvalue weighted by molar-refractivity contribution is -0.132. The summed E-state index contributed by atoms with van der Waals surface area (Å²) < 4.78 is 5.09. The molecule has 2 aromatic carbocycles. The molecule has 1 atom stereocenters. The SMILES string of the molecule is COc1ccc(NC(=O)[C@H](C)Sc2ccc(NC(=O)/C=C(/C)C(=O)O)cc2)cc1Cl. The minimum absolute atomic E-state index is 0.0577. The van der Waals surface area contributed by atoms with Gasteiger partial charge in [0, 0.05) is 27.9 Å². The van der Waals surface area contributed by atoms with Crippen molar-refractivity contribution in [2.75, 3.05) is 17.7 Å². The highest BCUT2D eigenvalue weighted by atomic mass is 35.5. The molecule has 0 aliphatic carbocycles. The molecule has 0 saturated heterocycles. The lowest BCUT2D eigenvalue weighted by Gasteiger charge is -2.13. The van der Waals surface area contributed by atoms with E-state index in [1.54, 1.807) is 49.4 Å². The molecule has 7 nitrogen and oxygen atoms in total. The van der Waals surface area contributed by atoms with E-state index in [4.69, 9.17) is 21.4 Å². The Morgan fingerprint density at radius 3 is 2.30 bits per heavy atom. The zero-order chi connectivity index (χ0) is 22.3. The van der Waals surface area contributed by atoms with Gasteiger partial charge in [-0.1, -0.05) is 11.6 Å². The van der Waals surface area contributed by atoms with Gasteiger partial charge < -0.3 is 20.5 Å². The van der Waals surface area contributed by atoms with Crippen molar-refractivity contribution in [3.05, 3.63) is 59.1 Å². The molecule has 0 bridgehead atoms. The molecule has 30 heavy (non-hydrogen) atoms. The third-order valence-electron chi connectivity index (χ3n) is 3.91. The van der Waals surface area contributed by atoms with E-state index in [1.807, 2.05) is 0 Å². The molecule has 0 aliphatic rings. The van der Waals surface area contributed by atoms with E-state index < -0.39 is 11.9 Å². The molecule has 0 spiro atoms. The summed E-state index contributed by atoms with van der Waals surface area (Å²) in [7, 11) is 1.52. The molecule has 0 saturated carbocycles. The summed E-state index contributed by atoms with van der Waals surface area (Å²) in [5.74, 6) is -1.34. The Balaban J connectivity index is 1.93. The average molecular weight is 449 g/mol. The van der Waals surface area contributed by atoms with Crippen molar-refractivity contribution in [2.24, 2.45) is 0 Å². The Morgan fingerprint density at radius 1 is 1.10 bits per heavy atom. The van der Waals surface area contributed by atoms with E-state index in [2.05, 4.69) is 10.6 Å². The summed E-state index contributed by atoms with van der Waals surface area (Å²) in [6.45, 7) is 3.12. The highest BCUT2D eigenvalue weighted by Gasteiger charge is 2.15. The van der Waals surface area contributed by atoms with Gasteiger partial charge in [0.05, 0.1) is 17.4 Å². The highest BCUT2D eigenvalue weighted by Crippen LogP contribution is 2.29. The number of carbonyl (C=O) groups excluding carboxylic acids is 2. The number of rotatable bonds is 8. The number of amides is 2. The van der Waals surface area contributed by atoms with Gasteiger partial charge in [0.1, 0.15) is 5.75 Å². The number of benzene rings is 2. The largest absolute Gasteiger partial charge is 0.495 e. The van der Waals surface area contributed by atoms with Crippen LogP contribution in [0.2, 0.25) is 5.02 Å². The third kappa shape index (κ3) is 6.82. The molecule has 3 N–H and O–H groups in total. The van der Waals surface area contributed by atoms with Gasteiger partial charge in [0.2, 0.25) is 11.8 Å². The lowest BCUT2D eigenvalue weighted by atomic mass is 10.2. The number of carboxylic acid groups (broad SMARTS) is 1. The van der Waals surface area contributed by atoms with Crippen LogP contribution in [0, 0.1) is 0 Å². The van der Waals surface area contributed by atoms with Gasteiger partial charge in [0.25, 0.3) is 0 Å². The zero-order valence-electron chi connectivity index (χ0n) is 16.6. The molecule has 158 valence electrons. The van der Waals surface area contributed by atoms with Crippen molar-refractivity contribution in [3.8, 4) is 5.75 Å². The van der Waals surface area contributed by atoms with Gasteiger partial charge in [-0.2, -0.15) is 0 Å². The zero-order valence-corrected chi connectivity index (χ0v) is 18.1. The smallest absolute Gasteiger partial charge is 0.331 e. The summed E-state index contributed by atoms with van der Waals surface area (Å²) in [5.41, 5.74) is 1.03. The molecule has 0 radical (unpaired) electrons. The van der Waals surface area contributed by atoms with Crippen LogP contribution >= 0.6 is 23.4 Å². The number of aliphatic carboxylic acids is 1. The minimum atomic E-state index is -1.15. The maximum atomic E-state index is 12.4. The first-order chi connectivity index (χ1) is 14.2. The molecule has 0 fully saturated rings. The number of hydrogen-bond donors (Lipinski definition) is 3. The molecule has 0 aliphatic heterocycles. The van der Waals surface area contributed by atoms with E-state index in [0.717, 1.165) is 11.0 Å². The summed E-state index contributed by atoms with van der Waals surface area (Å²) in [6, 6.07) is 11.9. The molecule has 0 aromatic heterocycles. The number of methoxy groups -OCH3 is 1. The molecule has 0 heterocycles. The standard InChI is InChI=1S/C21H21ClN2O5S/c1-12(21(27)28)10-19(25)23-14-4-7-16(8-5-14)30-13(2)20(26)24-15-6-9-18(29-3)17(22)11-15/h4-11,13H,1-3H3,(H,23,25)(H,24,26)(H,27,28)/b12-10-/t13-/m0/s1. The number of anilines is 2. The first kappa shape index (κ1) is 23.3. The van der Waals surface area contributed by atoms with Crippen molar-refractivity contribution in [2.45, 2.75) is 24.0 Å². The maximum absolute atomic E-state index is 12.4. The first-order valence-electron chi connectivity index (χ1n) is 8.83. The highest BCUT2D eigenvalue weighted by molar-refractivity contribution is 8.00. The van der Waals surface area contributed by atoms with E-state index in [9.17, 15) is 14.4 Å². The Labute approximate surface area is 183 Å². The van der Waals surface area contributed by atoms with Crippen LogP contribution in [-0.4, -0.2) is 35.2 Å². The number of thioether (sulfide) groups is 1. The van der Waals surface area contributed by atoms with Crippen molar-refractivity contribution in [1.29, 1.82) is 0 Å². The molecular weight excluding hydrogens is 428 g/mol. The van der Waals surface area contributed by atoms with E-state index in [1.165, 1.54) is 25.8 Å². The lowest BCUT2D eigenvalue weighted by Crippen LogP contribution is -2.22. The van der Waals surface area contributed by atoms with E-state index in [0.29, 0.717) is 22.1 Å². The first-order valence-corrected chi connectivity index (χ1v) is 10.1. The Morgan fingerprint density at radius 2 is 1.73 bits per heavy atom. The molecule has 2 aromatic rings. The van der Waals surface area contributed by atoms with Crippen LogP contribution in [0.15, 0.2) is 59.0 Å². The van der Waals surface area contributed by atoms with Crippen molar-refractivity contribution in [3.63, 3.8) is 0 Å². The van der Waals surface area contributed by atoms with Gasteiger partial charge in [-0.05, 0) is 56.3 Å². The number of carbonyl (C=O) groups is 3. The van der Waals surface area contributed by atoms with Crippen LogP contribution < -0.4 is 15.4 Å². The number of carboxylic acids is 1. The average Bonchev–Trinajstić information content (AvgIpc) is 2.69. The monoisotopic (exact) mass is 448 g/mol. The molecular formula is C21H21ClN2O5S. The Hall–Kier alpha value is -2.97. The second-order valence-corrected chi connectivity index (χ2v) is 8.07. The quantitative estimate of drug-likeness (QED) is 0.407. The van der Waals surface area contributed by atoms with Crippen LogP contribution in [0.4, 0.5) is 11.4 Å². The fourth-order valence-corrected chi connectivity index (χ4v) is 3.42. The van der Waals surface area contributed by atoms with E-state index in [-0.39, 0.29) is 16.7 Å². The van der Waals surface area contributed by atoms with Gasteiger partial charge >= 0.3 is 5.97 Å². The summed E-state index contributed by atoms with van der Waals surface area (Å²) >= 11 is 7.43. The minimum Gasteiger partial charge on any atom is -0.495 e. The van der Waals surface area contributed by atoms with Gasteiger partial charge in [-0.15, -0.1) is 11.8 Å². The van der Waals surface area contributed by atoms with Crippen LogP contribution in [0.5, 0.6) is 5.75 Å². The van der Waals surface area contributed by atoms with Gasteiger partial charge in [0.15, 0.2) is 0 Å². The number of ether oxygens (including phenoxy) is 1. The summed E-state index contributed by atoms with van der Waals surface area (Å²) in [5, 5.41) is 14.2. The van der Waals surface area contributed by atoms with Crippen LogP contribution in [0.1, 0.15) is 13.8 Å². The third-order valence-corrected chi connectivity index (χ3v) is 5.32. The number of hydrogen-bond acceptors (Lipinski definition) is 5. The molecule has 2 rings (SSSR count). The summed E-state index contributed by atoms with van der Waals surface area (Å²) in [4.78, 5) is 35.8. The van der Waals surface area contributed by atoms with Gasteiger partial charge in [-0.25, -0.2) is 4.79 Å². The van der Waals surface area contributed by atoms with Crippen molar-refractivity contribution >= 4 is 52.5 Å². The van der Waals surface area contributed by atoms with Crippen molar-refractivity contribution in [1.82, 2.24) is 0 Å². The second-order valence-electron chi connectivity index (χ2n) is 6.24. The second kappa shape index (κ2) is 10.7. The maximum Gasteiger partial charge on any atom is 0.331 e. The fraction of sp³-hybridized carbons (Fsp3) is 0.190. The van der Waals surface area contributed by atoms with Crippen molar-refractivity contribution < 1.29 is 24.2 Å². The van der Waals surface area contributed by atoms with Crippen LogP contribution in [0.25, 0.3) is 0 Å². The number of halogens is 1. The van der Waals surface area contributed by atoms with Crippen LogP contribution in [0.3, 0.4) is 0 Å². The van der Waals surface area contributed by atoms with E-state index >= 15 is 0 Å². The Bertz CT molecular complexity index is 976. The summed E-state index contributed by atoms with van der Waals surface area (Å²) in [6.07, 6.45) is 1.02. The normalized spacial score (nSPS) is 12.1. The topological polar surface area (TPSA) is 105 Å².